The van der Waals surface area contributed by atoms with Crippen molar-refractivity contribution in [3.05, 3.63) is 35.4 Å². The number of carboxylic acids is 1. The molecule has 0 bridgehead atoms. The SMILES string of the molecule is CCc1ccc(CN2C[C@H]3CN(C(=O)N(C)C)C[C@@]3(C(=O)O)C2)cc1. The summed E-state index contributed by atoms with van der Waals surface area (Å²) in [7, 11) is 3.41. The summed E-state index contributed by atoms with van der Waals surface area (Å²) < 4.78 is 0. The van der Waals surface area contributed by atoms with Crippen molar-refractivity contribution >= 4 is 12.0 Å². The first kappa shape index (κ1) is 17.7. The molecule has 0 radical (unpaired) electrons. The number of urea groups is 1. The van der Waals surface area contributed by atoms with Gasteiger partial charge in [0.2, 0.25) is 0 Å². The largest absolute Gasteiger partial charge is 0.481 e. The van der Waals surface area contributed by atoms with E-state index in [1.807, 2.05) is 0 Å². The molecule has 0 unspecified atom stereocenters. The third kappa shape index (κ3) is 3.23. The molecule has 2 aliphatic heterocycles. The van der Waals surface area contributed by atoms with Crippen LogP contribution in [0.1, 0.15) is 18.1 Å². The smallest absolute Gasteiger partial charge is 0.319 e. The first-order valence-electron chi connectivity index (χ1n) is 8.85. The predicted molar refractivity (Wildman–Crippen MR) is 95.3 cm³/mol. The van der Waals surface area contributed by atoms with Crippen LogP contribution in [0.2, 0.25) is 0 Å². The Morgan fingerprint density at radius 1 is 1.16 bits per heavy atom. The Labute approximate surface area is 149 Å². The zero-order valence-corrected chi connectivity index (χ0v) is 15.2. The number of hydrogen-bond acceptors (Lipinski definition) is 3. The number of likely N-dealkylation sites (tertiary alicyclic amines) is 2. The first-order chi connectivity index (χ1) is 11.9. The van der Waals surface area contributed by atoms with Crippen molar-refractivity contribution in [2.45, 2.75) is 19.9 Å². The second kappa shape index (κ2) is 6.67. The van der Waals surface area contributed by atoms with Gasteiger partial charge < -0.3 is 14.9 Å². The maximum atomic E-state index is 12.2. The minimum Gasteiger partial charge on any atom is -0.481 e. The molecule has 2 fully saturated rings. The standard InChI is InChI=1S/C19H27N3O3/c1-4-14-5-7-15(8-6-14)9-21-10-16-11-22(18(25)20(2)3)13-19(16,12-21)17(23)24/h5-8,16H,4,9-13H2,1-3H3,(H,23,24)/t16-,19-/m0/s1. The molecule has 2 heterocycles. The summed E-state index contributed by atoms with van der Waals surface area (Å²) in [6.07, 6.45) is 1.02. The Morgan fingerprint density at radius 3 is 2.32 bits per heavy atom. The number of carbonyl (C=O) groups excluding carboxylic acids is 1. The Bertz CT molecular complexity index is 658. The minimum atomic E-state index is -0.838. The van der Waals surface area contributed by atoms with Gasteiger partial charge in [0, 0.05) is 52.7 Å². The lowest BCUT2D eigenvalue weighted by atomic mass is 9.81. The third-order valence-electron chi connectivity index (χ3n) is 5.60. The molecular weight excluding hydrogens is 318 g/mol. The molecule has 0 aromatic heterocycles. The van der Waals surface area contributed by atoms with E-state index in [9.17, 15) is 14.7 Å². The van der Waals surface area contributed by atoms with Crippen LogP contribution in [0.25, 0.3) is 0 Å². The molecule has 2 amide bonds. The normalized spacial score (nSPS) is 25.9. The van der Waals surface area contributed by atoms with Gasteiger partial charge in [-0.05, 0) is 17.5 Å². The van der Waals surface area contributed by atoms with Gasteiger partial charge in [0.05, 0.1) is 0 Å². The van der Waals surface area contributed by atoms with Gasteiger partial charge in [-0.25, -0.2) is 4.79 Å². The van der Waals surface area contributed by atoms with Gasteiger partial charge in [-0.2, -0.15) is 0 Å². The van der Waals surface area contributed by atoms with Crippen molar-refractivity contribution < 1.29 is 14.7 Å². The number of rotatable bonds is 4. The zero-order valence-electron chi connectivity index (χ0n) is 15.2. The number of benzene rings is 1. The molecule has 1 aromatic carbocycles. The number of amides is 2. The fourth-order valence-electron chi connectivity index (χ4n) is 4.16. The Kier molecular flexibility index (Phi) is 4.73. The topological polar surface area (TPSA) is 64.1 Å². The summed E-state index contributed by atoms with van der Waals surface area (Å²) in [5.41, 5.74) is 1.68. The van der Waals surface area contributed by atoms with Crippen molar-refractivity contribution in [3.63, 3.8) is 0 Å². The predicted octanol–water partition coefficient (Wildman–Crippen LogP) is 1.75. The summed E-state index contributed by atoms with van der Waals surface area (Å²) in [4.78, 5) is 29.7. The van der Waals surface area contributed by atoms with Crippen molar-refractivity contribution in [1.82, 2.24) is 14.7 Å². The molecule has 0 saturated carbocycles. The van der Waals surface area contributed by atoms with Gasteiger partial charge in [-0.1, -0.05) is 31.2 Å². The van der Waals surface area contributed by atoms with Crippen molar-refractivity contribution in [2.75, 3.05) is 40.3 Å². The highest BCUT2D eigenvalue weighted by molar-refractivity contribution is 5.80. The van der Waals surface area contributed by atoms with E-state index in [2.05, 4.69) is 36.1 Å². The lowest BCUT2D eigenvalue weighted by Gasteiger charge is -2.27. The molecule has 2 atom stereocenters. The summed E-state index contributed by atoms with van der Waals surface area (Å²) in [6.45, 7) is 4.94. The van der Waals surface area contributed by atoms with Gasteiger partial charge in [0.15, 0.2) is 0 Å². The number of aryl methyl sites for hydroxylation is 1. The number of carbonyl (C=O) groups is 2. The fourth-order valence-corrected chi connectivity index (χ4v) is 4.16. The summed E-state index contributed by atoms with van der Waals surface area (Å²) in [5, 5.41) is 9.89. The van der Waals surface area contributed by atoms with Crippen molar-refractivity contribution in [3.8, 4) is 0 Å². The molecule has 6 heteroatoms. The van der Waals surface area contributed by atoms with Crippen LogP contribution in [0.3, 0.4) is 0 Å². The van der Waals surface area contributed by atoms with Crippen LogP contribution in [0, 0.1) is 11.3 Å². The first-order valence-corrected chi connectivity index (χ1v) is 8.85. The summed E-state index contributed by atoms with van der Waals surface area (Å²) in [5.74, 6) is -0.792. The quantitative estimate of drug-likeness (QED) is 0.903. The molecule has 0 aliphatic carbocycles. The minimum absolute atomic E-state index is 0.0104. The summed E-state index contributed by atoms with van der Waals surface area (Å²) >= 11 is 0. The summed E-state index contributed by atoms with van der Waals surface area (Å²) in [6, 6.07) is 8.43. The third-order valence-corrected chi connectivity index (χ3v) is 5.60. The molecule has 1 N–H and O–H groups in total. The van der Waals surface area contributed by atoms with E-state index in [-0.39, 0.29) is 11.9 Å². The average molecular weight is 345 g/mol. The molecule has 6 nitrogen and oxygen atoms in total. The highest BCUT2D eigenvalue weighted by Gasteiger charge is 2.58. The zero-order chi connectivity index (χ0) is 18.2. The molecule has 2 aliphatic rings. The van der Waals surface area contributed by atoms with E-state index in [1.165, 1.54) is 16.0 Å². The molecular formula is C19H27N3O3. The van der Waals surface area contributed by atoms with Gasteiger partial charge in [-0.3, -0.25) is 9.69 Å². The van der Waals surface area contributed by atoms with Crippen LogP contribution in [-0.2, 0) is 17.8 Å². The number of hydrogen-bond donors (Lipinski definition) is 1. The van der Waals surface area contributed by atoms with Gasteiger partial charge >= 0.3 is 12.0 Å². The maximum absolute atomic E-state index is 12.2. The van der Waals surface area contributed by atoms with Crippen LogP contribution in [0.5, 0.6) is 0 Å². The second-order valence-corrected chi connectivity index (χ2v) is 7.56. The molecule has 3 rings (SSSR count). The van der Waals surface area contributed by atoms with E-state index in [0.717, 1.165) is 19.5 Å². The van der Waals surface area contributed by atoms with Crippen LogP contribution in [0.4, 0.5) is 4.79 Å². The second-order valence-electron chi connectivity index (χ2n) is 7.56. The van der Waals surface area contributed by atoms with Crippen molar-refractivity contribution in [2.24, 2.45) is 11.3 Å². The van der Waals surface area contributed by atoms with Gasteiger partial charge in [-0.15, -0.1) is 0 Å². The number of aliphatic carboxylic acids is 1. The lowest BCUT2D eigenvalue weighted by Crippen LogP contribution is -2.44. The highest BCUT2D eigenvalue weighted by Crippen LogP contribution is 2.43. The molecule has 136 valence electrons. The Hall–Kier alpha value is -2.08. The van der Waals surface area contributed by atoms with Crippen LogP contribution >= 0.6 is 0 Å². The van der Waals surface area contributed by atoms with Gasteiger partial charge in [0.25, 0.3) is 0 Å². The van der Waals surface area contributed by atoms with E-state index in [1.54, 1.807) is 19.0 Å². The van der Waals surface area contributed by atoms with Crippen LogP contribution < -0.4 is 0 Å². The number of carboxylic acid groups (broad SMARTS) is 1. The van der Waals surface area contributed by atoms with Crippen LogP contribution in [0.15, 0.2) is 24.3 Å². The van der Waals surface area contributed by atoms with Crippen molar-refractivity contribution in [1.29, 1.82) is 0 Å². The Morgan fingerprint density at radius 2 is 1.80 bits per heavy atom. The lowest BCUT2D eigenvalue weighted by molar-refractivity contribution is -0.148. The van der Waals surface area contributed by atoms with Crippen LogP contribution in [-0.4, -0.2) is 72.1 Å². The Balaban J connectivity index is 1.71. The fraction of sp³-hybridized carbons (Fsp3) is 0.579. The number of nitrogens with zero attached hydrogens (tertiary/aromatic N) is 3. The molecule has 2 saturated heterocycles. The van der Waals surface area contributed by atoms with Gasteiger partial charge in [0.1, 0.15) is 5.41 Å². The van der Waals surface area contributed by atoms with E-state index < -0.39 is 11.4 Å². The van der Waals surface area contributed by atoms with E-state index in [4.69, 9.17) is 0 Å². The molecule has 25 heavy (non-hydrogen) atoms. The molecule has 0 spiro atoms. The molecule has 1 aromatic rings. The van der Waals surface area contributed by atoms with E-state index in [0.29, 0.717) is 19.6 Å². The number of fused-ring (bicyclic) bond motifs is 1. The monoisotopic (exact) mass is 345 g/mol. The van der Waals surface area contributed by atoms with E-state index >= 15 is 0 Å². The highest BCUT2D eigenvalue weighted by atomic mass is 16.4. The average Bonchev–Trinajstić information content (AvgIpc) is 3.09. The maximum Gasteiger partial charge on any atom is 0.319 e.